The molecule has 0 bridgehead atoms. The normalized spacial score (nSPS) is 9.78. The third-order valence-corrected chi connectivity index (χ3v) is 2.61. The van der Waals surface area contributed by atoms with Crippen LogP contribution in [-0.2, 0) is 0 Å². The van der Waals surface area contributed by atoms with Crippen LogP contribution < -0.4 is 0 Å². The molecule has 0 saturated heterocycles. The minimum atomic E-state index is -1.05. The molecule has 0 spiro atoms. The van der Waals surface area contributed by atoms with Crippen molar-refractivity contribution in [1.82, 2.24) is 4.98 Å². The van der Waals surface area contributed by atoms with Gasteiger partial charge in [0.2, 0.25) is 0 Å². The van der Waals surface area contributed by atoms with Gasteiger partial charge in [-0.25, -0.2) is 4.79 Å². The van der Waals surface area contributed by atoms with Crippen LogP contribution in [0.25, 0.3) is 11.1 Å². The number of aromatic carboxylic acids is 1. The van der Waals surface area contributed by atoms with E-state index in [1.165, 1.54) is 6.20 Å². The van der Waals surface area contributed by atoms with E-state index in [1.807, 2.05) is 0 Å². The van der Waals surface area contributed by atoms with Crippen LogP contribution in [-0.4, -0.2) is 16.1 Å². The lowest BCUT2D eigenvalue weighted by Crippen LogP contribution is -2.02. The summed E-state index contributed by atoms with van der Waals surface area (Å²) in [4.78, 5) is 15.2. The van der Waals surface area contributed by atoms with Crippen molar-refractivity contribution in [1.29, 1.82) is 5.26 Å². The van der Waals surface area contributed by atoms with E-state index in [0.29, 0.717) is 22.4 Å². The molecule has 0 aliphatic carbocycles. The molecule has 2 aromatic rings. The Hall–Kier alpha value is -2.67. The lowest BCUT2D eigenvalue weighted by molar-refractivity contribution is 0.0697. The molecule has 0 aliphatic rings. The molecule has 0 amide bonds. The average molecular weight is 238 g/mol. The van der Waals surface area contributed by atoms with Gasteiger partial charge in [0.15, 0.2) is 0 Å². The number of nitrogens with zero attached hydrogens (tertiary/aromatic N) is 2. The number of rotatable bonds is 2. The first-order valence-electron chi connectivity index (χ1n) is 5.33. The number of aryl methyl sites for hydroxylation is 1. The predicted molar refractivity (Wildman–Crippen MR) is 66.1 cm³/mol. The van der Waals surface area contributed by atoms with Crippen molar-refractivity contribution in [3.8, 4) is 17.2 Å². The van der Waals surface area contributed by atoms with Gasteiger partial charge in [-0.2, -0.15) is 5.26 Å². The number of hydrogen-bond donors (Lipinski definition) is 1. The van der Waals surface area contributed by atoms with Crippen LogP contribution in [0, 0.1) is 18.3 Å². The summed E-state index contributed by atoms with van der Waals surface area (Å²) in [5, 5.41) is 18.2. The topological polar surface area (TPSA) is 74.0 Å². The fraction of sp³-hybridized carbons (Fsp3) is 0.0714. The highest BCUT2D eigenvalue weighted by Crippen LogP contribution is 2.27. The van der Waals surface area contributed by atoms with Crippen molar-refractivity contribution in [2.45, 2.75) is 6.92 Å². The van der Waals surface area contributed by atoms with Gasteiger partial charge in [-0.1, -0.05) is 18.2 Å². The van der Waals surface area contributed by atoms with Crippen molar-refractivity contribution < 1.29 is 9.90 Å². The molecular formula is C14H10N2O2. The van der Waals surface area contributed by atoms with Gasteiger partial charge in [-0.15, -0.1) is 0 Å². The predicted octanol–water partition coefficient (Wildman–Crippen LogP) is 2.63. The zero-order chi connectivity index (χ0) is 13.1. The Morgan fingerprint density at radius 3 is 2.72 bits per heavy atom. The Balaban J connectivity index is 2.74. The molecule has 1 heterocycles. The summed E-state index contributed by atoms with van der Waals surface area (Å²) < 4.78 is 0. The molecule has 1 aromatic heterocycles. The molecule has 4 nitrogen and oxygen atoms in total. The molecule has 2 rings (SSSR count). The highest BCUT2D eigenvalue weighted by molar-refractivity contribution is 5.96. The SMILES string of the molecule is Cc1cc(-c2ccccc2C#N)c(C(=O)O)cn1. The molecule has 0 aliphatic heterocycles. The number of pyridine rings is 1. The zero-order valence-corrected chi connectivity index (χ0v) is 9.71. The fourth-order valence-corrected chi connectivity index (χ4v) is 1.77. The van der Waals surface area contributed by atoms with Crippen molar-refractivity contribution in [2.24, 2.45) is 0 Å². The summed E-state index contributed by atoms with van der Waals surface area (Å²) in [6, 6.07) is 10.7. The lowest BCUT2D eigenvalue weighted by atomic mass is 9.96. The number of aromatic nitrogens is 1. The van der Waals surface area contributed by atoms with Gasteiger partial charge in [0.25, 0.3) is 0 Å². The van der Waals surface area contributed by atoms with Crippen LogP contribution >= 0.6 is 0 Å². The molecule has 1 aromatic carbocycles. The summed E-state index contributed by atoms with van der Waals surface area (Å²) in [7, 11) is 0. The quantitative estimate of drug-likeness (QED) is 0.872. The van der Waals surface area contributed by atoms with E-state index in [-0.39, 0.29) is 5.56 Å². The second-order valence-electron chi connectivity index (χ2n) is 3.83. The maximum atomic E-state index is 11.2. The van der Waals surface area contributed by atoms with E-state index in [0.717, 1.165) is 0 Å². The van der Waals surface area contributed by atoms with Crippen LogP contribution in [0.4, 0.5) is 0 Å². The third-order valence-electron chi connectivity index (χ3n) is 2.61. The van der Waals surface area contributed by atoms with Gasteiger partial charge in [0, 0.05) is 23.0 Å². The second-order valence-corrected chi connectivity index (χ2v) is 3.83. The summed E-state index contributed by atoms with van der Waals surface area (Å²) in [5.41, 5.74) is 2.40. The maximum Gasteiger partial charge on any atom is 0.337 e. The fourth-order valence-electron chi connectivity index (χ4n) is 1.77. The molecule has 0 unspecified atom stereocenters. The van der Waals surface area contributed by atoms with Crippen LogP contribution in [0.3, 0.4) is 0 Å². The zero-order valence-electron chi connectivity index (χ0n) is 9.71. The van der Waals surface area contributed by atoms with Gasteiger partial charge in [0.05, 0.1) is 17.2 Å². The summed E-state index contributed by atoms with van der Waals surface area (Å²) >= 11 is 0. The van der Waals surface area contributed by atoms with E-state index in [1.54, 1.807) is 37.3 Å². The lowest BCUT2D eigenvalue weighted by Gasteiger charge is -2.08. The Morgan fingerprint density at radius 2 is 2.06 bits per heavy atom. The highest BCUT2D eigenvalue weighted by Gasteiger charge is 2.14. The molecule has 1 N–H and O–H groups in total. The molecule has 0 radical (unpaired) electrons. The first-order chi connectivity index (χ1) is 8.63. The highest BCUT2D eigenvalue weighted by atomic mass is 16.4. The van der Waals surface area contributed by atoms with Crippen LogP contribution in [0.5, 0.6) is 0 Å². The third kappa shape index (κ3) is 2.06. The van der Waals surface area contributed by atoms with Crippen LogP contribution in [0.2, 0.25) is 0 Å². The minimum Gasteiger partial charge on any atom is -0.478 e. The molecule has 18 heavy (non-hydrogen) atoms. The standard InChI is InChI=1S/C14H10N2O2/c1-9-6-12(13(8-16-9)14(17)18)11-5-3-2-4-10(11)7-15/h2-6,8H,1H3,(H,17,18). The van der Waals surface area contributed by atoms with Gasteiger partial charge in [-0.3, -0.25) is 4.98 Å². The number of carboxylic acid groups (broad SMARTS) is 1. The Morgan fingerprint density at radius 1 is 1.33 bits per heavy atom. The first kappa shape index (κ1) is 11.8. The molecule has 0 atom stereocenters. The Kier molecular flexibility index (Phi) is 3.07. The number of nitriles is 1. The van der Waals surface area contributed by atoms with Crippen LogP contribution in [0.1, 0.15) is 21.6 Å². The monoisotopic (exact) mass is 238 g/mol. The first-order valence-corrected chi connectivity index (χ1v) is 5.33. The smallest absolute Gasteiger partial charge is 0.337 e. The second kappa shape index (κ2) is 4.68. The van der Waals surface area contributed by atoms with E-state index in [2.05, 4.69) is 11.1 Å². The van der Waals surface area contributed by atoms with Crippen molar-refractivity contribution in [3.05, 3.63) is 53.3 Å². The molecule has 0 saturated carbocycles. The largest absolute Gasteiger partial charge is 0.478 e. The molecular weight excluding hydrogens is 228 g/mol. The summed E-state index contributed by atoms with van der Waals surface area (Å²) in [6.45, 7) is 1.78. The van der Waals surface area contributed by atoms with E-state index in [4.69, 9.17) is 10.4 Å². The molecule has 4 heteroatoms. The van der Waals surface area contributed by atoms with Gasteiger partial charge in [0.1, 0.15) is 0 Å². The number of hydrogen-bond acceptors (Lipinski definition) is 3. The van der Waals surface area contributed by atoms with E-state index >= 15 is 0 Å². The van der Waals surface area contributed by atoms with Crippen molar-refractivity contribution in [3.63, 3.8) is 0 Å². The minimum absolute atomic E-state index is 0.100. The van der Waals surface area contributed by atoms with Gasteiger partial charge in [-0.05, 0) is 19.1 Å². The number of benzene rings is 1. The Labute approximate surface area is 104 Å². The van der Waals surface area contributed by atoms with Gasteiger partial charge < -0.3 is 5.11 Å². The van der Waals surface area contributed by atoms with E-state index < -0.39 is 5.97 Å². The van der Waals surface area contributed by atoms with Crippen LogP contribution in [0.15, 0.2) is 36.5 Å². The molecule has 88 valence electrons. The Bertz CT molecular complexity index is 657. The van der Waals surface area contributed by atoms with Gasteiger partial charge >= 0.3 is 5.97 Å². The maximum absolute atomic E-state index is 11.2. The number of carboxylic acids is 1. The van der Waals surface area contributed by atoms with E-state index in [9.17, 15) is 4.79 Å². The average Bonchev–Trinajstić information content (AvgIpc) is 2.38. The van der Waals surface area contributed by atoms with Crippen molar-refractivity contribution in [2.75, 3.05) is 0 Å². The molecule has 0 fully saturated rings. The summed E-state index contributed by atoms with van der Waals surface area (Å²) in [6.07, 6.45) is 1.32. The number of carbonyl (C=O) groups is 1. The van der Waals surface area contributed by atoms with Crippen molar-refractivity contribution >= 4 is 5.97 Å². The summed E-state index contributed by atoms with van der Waals surface area (Å²) in [5.74, 6) is -1.05.